The van der Waals surface area contributed by atoms with E-state index in [0.29, 0.717) is 19.1 Å². The van der Waals surface area contributed by atoms with Gasteiger partial charge in [-0.25, -0.2) is 0 Å². The summed E-state index contributed by atoms with van der Waals surface area (Å²) in [6.45, 7) is 9.70. The summed E-state index contributed by atoms with van der Waals surface area (Å²) in [5.41, 5.74) is 2.28. The van der Waals surface area contributed by atoms with Gasteiger partial charge in [-0.3, -0.25) is 0 Å². The van der Waals surface area contributed by atoms with E-state index in [2.05, 4.69) is 31.3 Å². The summed E-state index contributed by atoms with van der Waals surface area (Å²) in [6.07, 6.45) is 0. The number of hydrogen-bond donors (Lipinski definition) is 1. The van der Waals surface area contributed by atoms with Crippen LogP contribution in [0.5, 0.6) is 11.5 Å². The third-order valence-corrected chi connectivity index (χ3v) is 3.56. The molecule has 0 saturated heterocycles. The smallest absolute Gasteiger partial charge is 0.119 e. The minimum atomic E-state index is 0.531. The van der Waals surface area contributed by atoms with Crippen molar-refractivity contribution in [1.29, 1.82) is 0 Å². The number of nitrogens with one attached hydrogen (secondary N) is 1. The molecule has 0 bridgehead atoms. The van der Waals surface area contributed by atoms with Crippen LogP contribution in [-0.2, 0) is 11.3 Å². The van der Waals surface area contributed by atoms with E-state index < -0.39 is 0 Å². The molecule has 136 valence electrons. The van der Waals surface area contributed by atoms with Gasteiger partial charge in [0.25, 0.3) is 0 Å². The Morgan fingerprint density at radius 2 is 1.48 bits per heavy atom. The van der Waals surface area contributed by atoms with Crippen molar-refractivity contribution in [2.24, 2.45) is 5.92 Å². The zero-order chi connectivity index (χ0) is 17.9. The van der Waals surface area contributed by atoms with Crippen LogP contribution in [0, 0.1) is 5.92 Å². The third kappa shape index (κ3) is 7.48. The highest BCUT2D eigenvalue weighted by Gasteiger charge is 1.99. The molecule has 0 radical (unpaired) electrons. The Morgan fingerprint density at radius 3 is 2.12 bits per heavy atom. The first-order valence-corrected chi connectivity index (χ1v) is 8.93. The standard InChI is InChI=1S/C21H29NO3/c1-4-23-13-14-24-20-9-5-18(6-10-20)15-22-19-7-11-21(12-8-19)25-16-17(2)3/h5-12,17,22H,4,13-16H2,1-3H3. The molecule has 0 aliphatic carbocycles. The summed E-state index contributed by atoms with van der Waals surface area (Å²) in [7, 11) is 0. The number of ether oxygens (including phenoxy) is 3. The summed E-state index contributed by atoms with van der Waals surface area (Å²) < 4.78 is 16.6. The van der Waals surface area contributed by atoms with E-state index in [9.17, 15) is 0 Å². The lowest BCUT2D eigenvalue weighted by atomic mass is 10.2. The Labute approximate surface area is 151 Å². The van der Waals surface area contributed by atoms with E-state index in [1.807, 2.05) is 43.3 Å². The van der Waals surface area contributed by atoms with Crippen molar-refractivity contribution >= 4 is 5.69 Å². The lowest BCUT2D eigenvalue weighted by molar-refractivity contribution is 0.110. The minimum absolute atomic E-state index is 0.531. The third-order valence-electron chi connectivity index (χ3n) is 3.56. The predicted octanol–water partition coefficient (Wildman–Crippen LogP) is 4.75. The van der Waals surface area contributed by atoms with Crippen molar-refractivity contribution in [2.75, 3.05) is 31.7 Å². The monoisotopic (exact) mass is 343 g/mol. The van der Waals surface area contributed by atoms with Crippen molar-refractivity contribution in [3.05, 3.63) is 54.1 Å². The highest BCUT2D eigenvalue weighted by atomic mass is 16.5. The molecule has 0 heterocycles. The summed E-state index contributed by atoms with van der Waals surface area (Å²) >= 11 is 0. The predicted molar refractivity (Wildman–Crippen MR) is 103 cm³/mol. The zero-order valence-electron chi connectivity index (χ0n) is 15.5. The molecule has 0 atom stereocenters. The maximum Gasteiger partial charge on any atom is 0.119 e. The van der Waals surface area contributed by atoms with Crippen LogP contribution in [0.1, 0.15) is 26.3 Å². The van der Waals surface area contributed by atoms with E-state index in [1.165, 1.54) is 5.56 Å². The second kappa shape index (κ2) is 10.6. The van der Waals surface area contributed by atoms with E-state index in [-0.39, 0.29) is 0 Å². The molecule has 1 N–H and O–H groups in total. The highest BCUT2D eigenvalue weighted by molar-refractivity contribution is 5.47. The molecular weight excluding hydrogens is 314 g/mol. The summed E-state index contributed by atoms with van der Waals surface area (Å²) in [6, 6.07) is 16.2. The molecular formula is C21H29NO3. The van der Waals surface area contributed by atoms with Gasteiger partial charge < -0.3 is 19.5 Å². The van der Waals surface area contributed by atoms with Crippen LogP contribution in [0.3, 0.4) is 0 Å². The van der Waals surface area contributed by atoms with Crippen LogP contribution in [0.4, 0.5) is 5.69 Å². The van der Waals surface area contributed by atoms with E-state index >= 15 is 0 Å². The van der Waals surface area contributed by atoms with Gasteiger partial charge in [-0.2, -0.15) is 0 Å². The summed E-state index contributed by atoms with van der Waals surface area (Å²) in [4.78, 5) is 0. The molecule has 25 heavy (non-hydrogen) atoms. The lowest BCUT2D eigenvalue weighted by Gasteiger charge is -2.11. The molecule has 4 heteroatoms. The van der Waals surface area contributed by atoms with Gasteiger partial charge >= 0.3 is 0 Å². The van der Waals surface area contributed by atoms with E-state index in [4.69, 9.17) is 14.2 Å². The Bertz CT molecular complexity index is 594. The van der Waals surface area contributed by atoms with Crippen LogP contribution in [-0.4, -0.2) is 26.4 Å². The normalized spacial score (nSPS) is 10.7. The minimum Gasteiger partial charge on any atom is -0.493 e. The molecule has 0 amide bonds. The Hall–Kier alpha value is -2.20. The van der Waals surface area contributed by atoms with Crippen LogP contribution in [0.15, 0.2) is 48.5 Å². The number of rotatable bonds is 11. The van der Waals surface area contributed by atoms with Crippen molar-refractivity contribution in [3.8, 4) is 11.5 Å². The fourth-order valence-electron chi connectivity index (χ4n) is 2.20. The Balaban J connectivity index is 1.75. The molecule has 4 nitrogen and oxygen atoms in total. The first-order chi connectivity index (χ1) is 12.2. The van der Waals surface area contributed by atoms with Gasteiger partial charge in [-0.1, -0.05) is 26.0 Å². The van der Waals surface area contributed by atoms with E-state index in [1.54, 1.807) is 0 Å². The highest BCUT2D eigenvalue weighted by Crippen LogP contribution is 2.18. The summed E-state index contributed by atoms with van der Waals surface area (Å²) in [5, 5.41) is 3.42. The fourth-order valence-corrected chi connectivity index (χ4v) is 2.20. The molecule has 0 aromatic heterocycles. The average molecular weight is 343 g/mol. The van der Waals surface area contributed by atoms with Crippen molar-refractivity contribution in [3.63, 3.8) is 0 Å². The SMILES string of the molecule is CCOCCOc1ccc(CNc2ccc(OCC(C)C)cc2)cc1. The van der Waals surface area contributed by atoms with Crippen LogP contribution < -0.4 is 14.8 Å². The topological polar surface area (TPSA) is 39.7 Å². The Morgan fingerprint density at radius 1 is 0.840 bits per heavy atom. The number of benzene rings is 2. The first kappa shape index (κ1) is 19.1. The fraction of sp³-hybridized carbons (Fsp3) is 0.429. The van der Waals surface area contributed by atoms with Crippen LogP contribution in [0.2, 0.25) is 0 Å². The van der Waals surface area contributed by atoms with Gasteiger partial charge in [0.2, 0.25) is 0 Å². The quantitative estimate of drug-likeness (QED) is 0.598. The van der Waals surface area contributed by atoms with Crippen molar-refractivity contribution in [2.45, 2.75) is 27.3 Å². The summed E-state index contributed by atoms with van der Waals surface area (Å²) in [5.74, 6) is 2.31. The molecule has 0 unspecified atom stereocenters. The maximum atomic E-state index is 5.70. The second-order valence-corrected chi connectivity index (χ2v) is 6.27. The lowest BCUT2D eigenvalue weighted by Crippen LogP contribution is -2.06. The van der Waals surface area contributed by atoms with Crippen molar-refractivity contribution in [1.82, 2.24) is 0 Å². The average Bonchev–Trinajstić information content (AvgIpc) is 2.63. The number of hydrogen-bond acceptors (Lipinski definition) is 4. The molecule has 0 spiro atoms. The molecule has 0 fully saturated rings. The molecule has 0 aliphatic heterocycles. The molecule has 2 aromatic rings. The Kier molecular flexibility index (Phi) is 8.13. The first-order valence-electron chi connectivity index (χ1n) is 8.93. The molecule has 0 aliphatic rings. The largest absolute Gasteiger partial charge is 0.493 e. The zero-order valence-corrected chi connectivity index (χ0v) is 15.5. The molecule has 2 rings (SSSR count). The van der Waals surface area contributed by atoms with Gasteiger partial charge in [0.15, 0.2) is 0 Å². The van der Waals surface area contributed by atoms with Crippen molar-refractivity contribution < 1.29 is 14.2 Å². The molecule has 2 aromatic carbocycles. The van der Waals surface area contributed by atoms with Gasteiger partial charge in [0.1, 0.15) is 18.1 Å². The second-order valence-electron chi connectivity index (χ2n) is 6.27. The van der Waals surface area contributed by atoms with Gasteiger partial charge in [0, 0.05) is 18.8 Å². The van der Waals surface area contributed by atoms with Crippen LogP contribution >= 0.6 is 0 Å². The maximum absolute atomic E-state index is 5.70. The van der Waals surface area contributed by atoms with Crippen LogP contribution in [0.25, 0.3) is 0 Å². The van der Waals surface area contributed by atoms with Gasteiger partial charge in [0.05, 0.1) is 13.2 Å². The van der Waals surface area contributed by atoms with Gasteiger partial charge in [-0.05, 0) is 54.8 Å². The van der Waals surface area contributed by atoms with E-state index in [0.717, 1.165) is 36.9 Å². The molecule has 0 saturated carbocycles. The van der Waals surface area contributed by atoms with Gasteiger partial charge in [-0.15, -0.1) is 0 Å². The number of anilines is 1.